The van der Waals surface area contributed by atoms with E-state index in [-0.39, 0.29) is 17.2 Å². The van der Waals surface area contributed by atoms with Crippen LogP contribution in [0.15, 0.2) is 58.0 Å². The summed E-state index contributed by atoms with van der Waals surface area (Å²) in [5.74, 6) is -0.0106. The molecule has 1 fully saturated rings. The molecule has 0 spiro atoms. The zero-order valence-electron chi connectivity index (χ0n) is 12.5. The van der Waals surface area contributed by atoms with Crippen molar-refractivity contribution in [2.24, 2.45) is 4.99 Å². The number of amidine groups is 1. The van der Waals surface area contributed by atoms with E-state index in [0.717, 1.165) is 20.9 Å². The highest BCUT2D eigenvalue weighted by molar-refractivity contribution is 9.10. The van der Waals surface area contributed by atoms with Gasteiger partial charge in [-0.2, -0.15) is 0 Å². The van der Waals surface area contributed by atoms with Crippen molar-refractivity contribution in [3.8, 4) is 0 Å². The molecule has 0 aliphatic carbocycles. The van der Waals surface area contributed by atoms with E-state index < -0.39 is 0 Å². The van der Waals surface area contributed by atoms with Gasteiger partial charge in [-0.25, -0.2) is 0 Å². The van der Waals surface area contributed by atoms with Crippen LogP contribution in [-0.2, 0) is 4.79 Å². The smallest absolute Gasteiger partial charge is 0.244 e. The Morgan fingerprint density at radius 1 is 1.17 bits per heavy atom. The highest BCUT2D eigenvalue weighted by atomic mass is 79.9. The molecule has 118 valence electrons. The predicted octanol–water partition coefficient (Wildman–Crippen LogP) is 3.97. The number of halogens is 1. The SMILES string of the molecule is C[C@H](N=C1NC(=O)C(c2ccc(Br)cc2)S1)c1ccc(P)cc1. The molecule has 3 rings (SSSR count). The summed E-state index contributed by atoms with van der Waals surface area (Å²) >= 11 is 4.89. The van der Waals surface area contributed by atoms with Gasteiger partial charge in [0.15, 0.2) is 5.17 Å². The lowest BCUT2D eigenvalue weighted by molar-refractivity contribution is -0.118. The second-order valence-corrected chi connectivity index (χ2v) is 7.99. The molecule has 0 aromatic heterocycles. The van der Waals surface area contributed by atoms with Gasteiger partial charge < -0.3 is 5.32 Å². The Kier molecular flexibility index (Phi) is 5.20. The maximum Gasteiger partial charge on any atom is 0.244 e. The summed E-state index contributed by atoms with van der Waals surface area (Å²) in [6, 6.07) is 16.0. The minimum Gasteiger partial charge on any atom is -0.304 e. The number of carbonyl (C=O) groups is 1. The summed E-state index contributed by atoms with van der Waals surface area (Å²) < 4.78 is 1.00. The van der Waals surface area contributed by atoms with Crippen LogP contribution in [0.1, 0.15) is 29.3 Å². The standard InChI is InChI=1S/C17H16BrN2OPS/c1-10(11-4-8-14(22)9-5-11)19-17-20-16(21)15(23-17)12-2-6-13(18)7-3-12/h2-10,15H,22H2,1H3,(H,19,20,21)/t10-,15?/m0/s1. The first-order valence-corrected chi connectivity index (χ1v) is 9.44. The second-order valence-electron chi connectivity index (χ2n) is 5.32. The Morgan fingerprint density at radius 2 is 1.83 bits per heavy atom. The average molecular weight is 407 g/mol. The second kappa shape index (κ2) is 7.16. The van der Waals surface area contributed by atoms with Gasteiger partial charge in [0.1, 0.15) is 5.25 Å². The molecule has 0 saturated carbocycles. The number of hydrogen-bond acceptors (Lipinski definition) is 3. The Hall–Kier alpha value is -1.16. The number of hydrogen-bond donors (Lipinski definition) is 1. The summed E-state index contributed by atoms with van der Waals surface area (Å²) in [4.78, 5) is 16.9. The van der Waals surface area contributed by atoms with E-state index >= 15 is 0 Å². The molecule has 1 aliphatic heterocycles. The zero-order valence-corrected chi connectivity index (χ0v) is 16.0. The van der Waals surface area contributed by atoms with Crippen LogP contribution >= 0.6 is 36.9 Å². The van der Waals surface area contributed by atoms with Crippen LogP contribution in [0, 0.1) is 0 Å². The average Bonchev–Trinajstić information content (AvgIpc) is 2.89. The van der Waals surface area contributed by atoms with E-state index in [9.17, 15) is 4.79 Å². The topological polar surface area (TPSA) is 41.5 Å². The fourth-order valence-corrected chi connectivity index (χ4v) is 3.83. The summed E-state index contributed by atoms with van der Waals surface area (Å²) in [6.07, 6.45) is 0. The lowest BCUT2D eigenvalue weighted by Gasteiger charge is -2.08. The molecule has 2 aromatic carbocycles. The first-order valence-electron chi connectivity index (χ1n) is 7.19. The highest BCUT2D eigenvalue weighted by Gasteiger charge is 2.31. The van der Waals surface area contributed by atoms with E-state index in [0.29, 0.717) is 5.17 Å². The van der Waals surface area contributed by atoms with Crippen molar-refractivity contribution in [2.75, 3.05) is 0 Å². The van der Waals surface area contributed by atoms with Crippen molar-refractivity contribution in [3.05, 3.63) is 64.1 Å². The van der Waals surface area contributed by atoms with Gasteiger partial charge in [0.2, 0.25) is 5.91 Å². The summed E-state index contributed by atoms with van der Waals surface area (Å²) in [6.45, 7) is 2.03. The Bertz CT molecular complexity index is 746. The number of nitrogens with zero attached hydrogens (tertiary/aromatic N) is 1. The lowest BCUT2D eigenvalue weighted by atomic mass is 10.1. The van der Waals surface area contributed by atoms with Gasteiger partial charge in [-0.3, -0.25) is 9.79 Å². The third-order valence-electron chi connectivity index (χ3n) is 3.60. The minimum atomic E-state index is -0.233. The zero-order chi connectivity index (χ0) is 16.4. The molecule has 6 heteroatoms. The minimum absolute atomic E-state index is 0.00654. The molecule has 1 heterocycles. The van der Waals surface area contributed by atoms with Crippen molar-refractivity contribution in [3.63, 3.8) is 0 Å². The first-order chi connectivity index (χ1) is 11.0. The number of carbonyl (C=O) groups excluding carboxylic acids is 1. The fraction of sp³-hybridized carbons (Fsp3) is 0.176. The van der Waals surface area contributed by atoms with Gasteiger partial charge in [-0.1, -0.05) is 64.1 Å². The molecular formula is C17H16BrN2OPS. The third kappa shape index (κ3) is 4.03. The molecule has 0 radical (unpaired) electrons. The van der Waals surface area contributed by atoms with Crippen LogP contribution < -0.4 is 10.6 Å². The van der Waals surface area contributed by atoms with E-state index in [1.807, 2.05) is 43.3 Å². The van der Waals surface area contributed by atoms with Crippen molar-refractivity contribution >= 4 is 53.3 Å². The maximum absolute atomic E-state index is 12.2. The Morgan fingerprint density at radius 3 is 2.48 bits per heavy atom. The van der Waals surface area contributed by atoms with Crippen LogP contribution in [0.4, 0.5) is 0 Å². The van der Waals surface area contributed by atoms with Gasteiger partial charge in [0, 0.05) is 4.47 Å². The van der Waals surface area contributed by atoms with E-state index in [1.54, 1.807) is 0 Å². The van der Waals surface area contributed by atoms with E-state index in [4.69, 9.17) is 0 Å². The number of aliphatic imine (C=N–C) groups is 1. The summed E-state index contributed by atoms with van der Waals surface area (Å²) in [5.41, 5.74) is 2.12. The quantitative estimate of drug-likeness (QED) is 0.783. The van der Waals surface area contributed by atoms with Gasteiger partial charge in [-0.05, 0) is 35.5 Å². The van der Waals surface area contributed by atoms with Crippen LogP contribution in [-0.4, -0.2) is 11.1 Å². The van der Waals surface area contributed by atoms with Crippen LogP contribution in [0.5, 0.6) is 0 Å². The number of nitrogens with one attached hydrogen (secondary N) is 1. The van der Waals surface area contributed by atoms with Crippen molar-refractivity contribution < 1.29 is 4.79 Å². The molecule has 0 bridgehead atoms. The van der Waals surface area contributed by atoms with Gasteiger partial charge >= 0.3 is 0 Å². The molecular weight excluding hydrogens is 391 g/mol. The third-order valence-corrected chi connectivity index (χ3v) is 5.67. The number of thioether (sulfide) groups is 1. The lowest BCUT2D eigenvalue weighted by Crippen LogP contribution is -2.22. The Balaban J connectivity index is 1.76. The van der Waals surface area contributed by atoms with E-state index in [1.165, 1.54) is 11.8 Å². The summed E-state index contributed by atoms with van der Waals surface area (Å²) in [7, 11) is 2.67. The van der Waals surface area contributed by atoms with Crippen molar-refractivity contribution in [1.29, 1.82) is 0 Å². The van der Waals surface area contributed by atoms with E-state index in [2.05, 4.69) is 47.6 Å². The molecule has 1 N–H and O–H groups in total. The molecule has 23 heavy (non-hydrogen) atoms. The molecule has 1 aliphatic rings. The van der Waals surface area contributed by atoms with Crippen LogP contribution in [0.2, 0.25) is 0 Å². The van der Waals surface area contributed by atoms with Crippen LogP contribution in [0.3, 0.4) is 0 Å². The van der Waals surface area contributed by atoms with Crippen molar-refractivity contribution in [1.82, 2.24) is 5.32 Å². The van der Waals surface area contributed by atoms with Crippen molar-refractivity contribution in [2.45, 2.75) is 18.2 Å². The Labute approximate surface area is 150 Å². The normalized spacial score (nSPS) is 20.6. The summed E-state index contributed by atoms with van der Waals surface area (Å²) in [5, 5.41) is 4.49. The van der Waals surface area contributed by atoms with Gasteiger partial charge in [-0.15, -0.1) is 9.24 Å². The highest BCUT2D eigenvalue weighted by Crippen LogP contribution is 2.35. The maximum atomic E-state index is 12.2. The van der Waals surface area contributed by atoms with Gasteiger partial charge in [0.05, 0.1) is 6.04 Å². The molecule has 3 nitrogen and oxygen atoms in total. The largest absolute Gasteiger partial charge is 0.304 e. The fourth-order valence-electron chi connectivity index (χ4n) is 2.31. The monoisotopic (exact) mass is 406 g/mol. The molecule has 1 saturated heterocycles. The number of rotatable bonds is 3. The predicted molar refractivity (Wildman–Crippen MR) is 104 cm³/mol. The van der Waals surface area contributed by atoms with Crippen LogP contribution in [0.25, 0.3) is 0 Å². The number of benzene rings is 2. The molecule has 1 amide bonds. The van der Waals surface area contributed by atoms with Gasteiger partial charge in [0.25, 0.3) is 0 Å². The molecule has 3 atom stereocenters. The number of amides is 1. The first kappa shape index (κ1) is 16.7. The molecule has 2 aromatic rings. The molecule has 2 unspecified atom stereocenters.